The largest absolute Gasteiger partial charge is 0.280 e. The van der Waals surface area contributed by atoms with E-state index in [0.29, 0.717) is 6.54 Å². The van der Waals surface area contributed by atoms with E-state index in [4.69, 9.17) is 11.6 Å². The summed E-state index contributed by atoms with van der Waals surface area (Å²) in [7, 11) is -3.49. The van der Waals surface area contributed by atoms with Crippen LogP contribution in [0.2, 0.25) is 0 Å². The van der Waals surface area contributed by atoms with E-state index in [2.05, 4.69) is 4.72 Å². The Morgan fingerprint density at radius 1 is 1.35 bits per heavy atom. The van der Waals surface area contributed by atoms with Crippen LogP contribution in [0.5, 0.6) is 0 Å². The molecular formula is C14H21ClN2O2S. The lowest BCUT2D eigenvalue weighted by Gasteiger charge is -2.33. The predicted octanol–water partition coefficient (Wildman–Crippen LogP) is 2.68. The van der Waals surface area contributed by atoms with Gasteiger partial charge in [0.05, 0.1) is 6.04 Å². The molecule has 6 heteroatoms. The molecule has 4 nitrogen and oxygen atoms in total. The van der Waals surface area contributed by atoms with Gasteiger partial charge < -0.3 is 0 Å². The van der Waals surface area contributed by atoms with Crippen LogP contribution in [0.15, 0.2) is 30.3 Å². The molecule has 2 atom stereocenters. The monoisotopic (exact) mass is 316 g/mol. The summed E-state index contributed by atoms with van der Waals surface area (Å²) in [5.41, 5.74) is 0.885. The molecule has 1 aliphatic rings. The zero-order valence-corrected chi connectivity index (χ0v) is 13.2. The number of nitrogens with zero attached hydrogens (tertiary/aromatic N) is 1. The summed E-state index contributed by atoms with van der Waals surface area (Å²) in [6.45, 7) is 2.54. The molecule has 0 saturated carbocycles. The number of nitrogens with one attached hydrogen (secondary N) is 1. The second-order valence-corrected chi connectivity index (χ2v) is 7.16. The summed E-state index contributed by atoms with van der Waals surface area (Å²) in [6, 6.07) is 9.09. The van der Waals surface area contributed by atoms with E-state index in [1.165, 1.54) is 0 Å². The van der Waals surface area contributed by atoms with Crippen molar-refractivity contribution in [3.8, 4) is 0 Å². The van der Waals surface area contributed by atoms with Gasteiger partial charge in [-0.1, -0.05) is 36.8 Å². The molecule has 0 bridgehead atoms. The highest BCUT2D eigenvalue weighted by Gasteiger charge is 2.31. The highest BCUT2D eigenvalue weighted by molar-refractivity contribution is 7.87. The van der Waals surface area contributed by atoms with Crippen molar-refractivity contribution in [1.82, 2.24) is 9.03 Å². The molecule has 1 N–H and O–H groups in total. The van der Waals surface area contributed by atoms with Gasteiger partial charge in [0.2, 0.25) is 0 Å². The summed E-state index contributed by atoms with van der Waals surface area (Å²) in [5.74, 6) is 0.214. The third-order valence-corrected chi connectivity index (χ3v) is 5.75. The summed E-state index contributed by atoms with van der Waals surface area (Å²) in [5, 5.41) is 0. The van der Waals surface area contributed by atoms with E-state index in [-0.39, 0.29) is 11.9 Å². The van der Waals surface area contributed by atoms with Crippen LogP contribution >= 0.6 is 11.6 Å². The van der Waals surface area contributed by atoms with Crippen LogP contribution in [0.1, 0.15) is 37.8 Å². The molecule has 0 radical (unpaired) electrons. The Labute approximate surface area is 126 Å². The molecule has 0 amide bonds. The minimum absolute atomic E-state index is 0.0491. The van der Waals surface area contributed by atoms with E-state index in [1.807, 2.05) is 37.3 Å². The molecule has 2 rings (SSSR count). The van der Waals surface area contributed by atoms with Crippen LogP contribution < -0.4 is 4.72 Å². The number of hydrogen-bond acceptors (Lipinski definition) is 2. The van der Waals surface area contributed by atoms with Crippen LogP contribution in [0.25, 0.3) is 0 Å². The number of rotatable bonds is 5. The first-order chi connectivity index (χ1) is 9.54. The molecule has 0 aromatic heterocycles. The zero-order valence-electron chi connectivity index (χ0n) is 11.6. The van der Waals surface area contributed by atoms with Crippen molar-refractivity contribution >= 4 is 21.8 Å². The molecule has 1 aliphatic heterocycles. The second-order valence-electron chi connectivity index (χ2n) is 5.20. The first kappa shape index (κ1) is 15.8. The summed E-state index contributed by atoms with van der Waals surface area (Å²) in [4.78, 5) is 0. The smallest absolute Gasteiger partial charge is 0.195 e. The van der Waals surface area contributed by atoms with Crippen molar-refractivity contribution in [2.45, 2.75) is 38.3 Å². The Kier molecular flexibility index (Phi) is 5.43. The van der Waals surface area contributed by atoms with Gasteiger partial charge in [0.15, 0.2) is 0 Å². The Morgan fingerprint density at radius 3 is 2.65 bits per heavy atom. The molecule has 20 heavy (non-hydrogen) atoms. The van der Waals surface area contributed by atoms with Gasteiger partial charge >= 0.3 is 0 Å². The average molecular weight is 317 g/mol. The fourth-order valence-corrected chi connectivity index (χ4v) is 4.56. The number of alkyl halides is 1. The molecule has 1 fully saturated rings. The van der Waals surface area contributed by atoms with E-state index in [9.17, 15) is 8.42 Å². The minimum atomic E-state index is -3.49. The minimum Gasteiger partial charge on any atom is -0.195 e. The Balaban J connectivity index is 2.13. The predicted molar refractivity (Wildman–Crippen MR) is 82.0 cm³/mol. The number of benzene rings is 1. The Hall–Kier alpha value is -0.620. The first-order valence-corrected chi connectivity index (χ1v) is 8.92. The number of halogens is 1. The second kappa shape index (κ2) is 6.89. The molecule has 1 heterocycles. The van der Waals surface area contributed by atoms with Crippen molar-refractivity contribution in [3.05, 3.63) is 35.9 Å². The SMILES string of the molecule is CC1CCCCN1S(=O)(=O)NC(CCl)c1ccccc1. The van der Waals surface area contributed by atoms with Crippen LogP contribution in [-0.4, -0.2) is 31.2 Å². The van der Waals surface area contributed by atoms with Gasteiger partial charge in [-0.05, 0) is 25.3 Å². The van der Waals surface area contributed by atoms with Crippen LogP contribution in [0.4, 0.5) is 0 Å². The van der Waals surface area contributed by atoms with Crippen LogP contribution in [-0.2, 0) is 10.2 Å². The lowest BCUT2D eigenvalue weighted by molar-refractivity contribution is 0.264. The molecule has 0 aliphatic carbocycles. The van der Waals surface area contributed by atoms with Crippen molar-refractivity contribution in [2.24, 2.45) is 0 Å². The Bertz CT molecular complexity index is 521. The third kappa shape index (κ3) is 3.73. The Morgan fingerprint density at radius 2 is 2.05 bits per heavy atom. The maximum atomic E-state index is 12.5. The number of hydrogen-bond donors (Lipinski definition) is 1. The van der Waals surface area contributed by atoms with Crippen LogP contribution in [0, 0.1) is 0 Å². The molecule has 1 aromatic carbocycles. The van der Waals surface area contributed by atoms with E-state index in [1.54, 1.807) is 4.31 Å². The summed E-state index contributed by atoms with van der Waals surface area (Å²) >= 11 is 5.94. The van der Waals surface area contributed by atoms with Gasteiger partial charge in [-0.2, -0.15) is 17.4 Å². The maximum Gasteiger partial charge on any atom is 0.280 e. The van der Waals surface area contributed by atoms with Crippen molar-refractivity contribution < 1.29 is 8.42 Å². The summed E-state index contributed by atoms with van der Waals surface area (Å²) in [6.07, 6.45) is 2.92. The molecule has 1 aromatic rings. The molecular weight excluding hydrogens is 296 g/mol. The molecule has 0 spiro atoms. The lowest BCUT2D eigenvalue weighted by atomic mass is 10.1. The summed E-state index contributed by atoms with van der Waals surface area (Å²) < 4.78 is 29.3. The fraction of sp³-hybridized carbons (Fsp3) is 0.571. The van der Waals surface area contributed by atoms with Gasteiger partial charge in [-0.25, -0.2) is 0 Å². The van der Waals surface area contributed by atoms with E-state index >= 15 is 0 Å². The molecule has 2 unspecified atom stereocenters. The first-order valence-electron chi connectivity index (χ1n) is 6.94. The highest BCUT2D eigenvalue weighted by atomic mass is 35.5. The fourth-order valence-electron chi connectivity index (χ4n) is 2.55. The van der Waals surface area contributed by atoms with Gasteiger partial charge in [0.25, 0.3) is 10.2 Å². The quantitative estimate of drug-likeness (QED) is 0.849. The molecule has 112 valence electrons. The van der Waals surface area contributed by atoms with Crippen LogP contribution in [0.3, 0.4) is 0 Å². The topological polar surface area (TPSA) is 49.4 Å². The third-order valence-electron chi connectivity index (χ3n) is 3.70. The highest BCUT2D eigenvalue weighted by Crippen LogP contribution is 2.22. The van der Waals surface area contributed by atoms with Crippen molar-refractivity contribution in [3.63, 3.8) is 0 Å². The standard InChI is InChI=1S/C14H21ClN2O2S/c1-12-7-5-6-10-17(12)20(18,19)16-14(11-15)13-8-3-2-4-9-13/h2-4,8-9,12,14,16H,5-7,10-11H2,1H3. The van der Waals surface area contributed by atoms with Crippen molar-refractivity contribution in [1.29, 1.82) is 0 Å². The average Bonchev–Trinajstić information content (AvgIpc) is 2.46. The number of piperidine rings is 1. The maximum absolute atomic E-state index is 12.5. The normalized spacial score (nSPS) is 22.6. The van der Waals surface area contributed by atoms with E-state index in [0.717, 1.165) is 24.8 Å². The van der Waals surface area contributed by atoms with Gasteiger partial charge in [0.1, 0.15) is 0 Å². The lowest BCUT2D eigenvalue weighted by Crippen LogP contribution is -2.49. The van der Waals surface area contributed by atoms with Gasteiger partial charge in [-0.3, -0.25) is 0 Å². The molecule has 1 saturated heterocycles. The van der Waals surface area contributed by atoms with Gasteiger partial charge in [0, 0.05) is 18.5 Å². The van der Waals surface area contributed by atoms with Crippen molar-refractivity contribution in [2.75, 3.05) is 12.4 Å². The van der Waals surface area contributed by atoms with E-state index < -0.39 is 16.3 Å². The zero-order chi connectivity index (χ0) is 14.6. The van der Waals surface area contributed by atoms with Gasteiger partial charge in [-0.15, -0.1) is 11.6 Å².